The third kappa shape index (κ3) is 6.15. The predicted molar refractivity (Wildman–Crippen MR) is 73.0 cm³/mol. The molecule has 4 heteroatoms. The van der Waals surface area contributed by atoms with Crippen molar-refractivity contribution < 1.29 is 0 Å². The minimum Gasteiger partial charge on any atom is -0.165 e. The monoisotopic (exact) mass is 250 g/mol. The highest BCUT2D eigenvalue weighted by molar-refractivity contribution is 7.41. The third-order valence-electron chi connectivity index (χ3n) is 2.27. The van der Waals surface area contributed by atoms with E-state index in [9.17, 15) is 0 Å². The highest BCUT2D eigenvalue weighted by Gasteiger charge is 2.26. The van der Waals surface area contributed by atoms with Gasteiger partial charge in [-0.1, -0.05) is 50.6 Å². The quantitative estimate of drug-likeness (QED) is 0.466. The molecule has 0 saturated heterocycles. The number of halogens is 2. The van der Waals surface area contributed by atoms with Crippen LogP contribution in [0, 0.1) is 0 Å². The minimum absolute atomic E-state index is 0.303. The SMILES string of the molecule is CCCCC/C=C(/B(Cl)Cl)[Si](C)(C)C. The molecule has 0 bridgehead atoms. The number of allylic oxidation sites excluding steroid dienone is 1. The van der Waals surface area contributed by atoms with Gasteiger partial charge in [-0.2, -0.15) is 22.9 Å². The van der Waals surface area contributed by atoms with E-state index in [-0.39, 0.29) is 5.54 Å². The molecular weight excluding hydrogens is 230 g/mol. The van der Waals surface area contributed by atoms with E-state index < -0.39 is 8.07 Å². The first kappa shape index (κ1) is 14.6. The van der Waals surface area contributed by atoms with E-state index in [1.807, 2.05) is 0 Å². The van der Waals surface area contributed by atoms with Crippen LogP contribution in [0.1, 0.15) is 32.6 Å². The molecule has 0 amide bonds. The zero-order valence-electron chi connectivity index (χ0n) is 9.74. The van der Waals surface area contributed by atoms with E-state index in [0.29, 0.717) is 0 Å². The van der Waals surface area contributed by atoms with Gasteiger partial charge in [0.25, 0.3) is 0 Å². The molecule has 0 N–H and O–H groups in total. The van der Waals surface area contributed by atoms with Crippen LogP contribution in [0.15, 0.2) is 11.2 Å². The maximum absolute atomic E-state index is 5.97. The van der Waals surface area contributed by atoms with Gasteiger partial charge in [-0.3, -0.25) is 0 Å². The van der Waals surface area contributed by atoms with Crippen LogP contribution in [0.5, 0.6) is 0 Å². The second-order valence-corrected chi connectivity index (χ2v) is 10.9. The first-order chi connectivity index (χ1) is 6.39. The van der Waals surface area contributed by atoms with Gasteiger partial charge in [-0.15, -0.1) is 0 Å². The lowest BCUT2D eigenvalue weighted by atomic mass is 10.0. The summed E-state index contributed by atoms with van der Waals surface area (Å²) in [6.45, 7) is 9.08. The molecule has 0 spiro atoms. The summed E-state index contributed by atoms with van der Waals surface area (Å²) < 4.78 is 0. The molecule has 0 saturated carbocycles. The summed E-state index contributed by atoms with van der Waals surface area (Å²) in [5, 5.41) is 1.29. The van der Waals surface area contributed by atoms with Crippen molar-refractivity contribution in [2.24, 2.45) is 0 Å². The van der Waals surface area contributed by atoms with Crippen molar-refractivity contribution in [1.82, 2.24) is 0 Å². The zero-order valence-corrected chi connectivity index (χ0v) is 12.3. The highest BCUT2D eigenvalue weighted by Crippen LogP contribution is 2.23. The fourth-order valence-corrected chi connectivity index (χ4v) is 4.93. The average molecular weight is 251 g/mol. The summed E-state index contributed by atoms with van der Waals surface area (Å²) in [5.41, 5.74) is -0.303. The smallest absolute Gasteiger partial charge is 0.165 e. The van der Waals surface area contributed by atoms with Crippen molar-refractivity contribution in [3.8, 4) is 0 Å². The van der Waals surface area contributed by atoms with E-state index >= 15 is 0 Å². The van der Waals surface area contributed by atoms with Crippen LogP contribution in [0.3, 0.4) is 0 Å². The molecule has 14 heavy (non-hydrogen) atoms. The molecule has 0 rings (SSSR count). The Labute approximate surface area is 100.0 Å². The predicted octanol–water partition coefficient (Wildman–Crippen LogP) is 4.88. The minimum atomic E-state index is -1.31. The Balaban J connectivity index is 4.21. The van der Waals surface area contributed by atoms with Crippen molar-refractivity contribution in [1.29, 1.82) is 0 Å². The summed E-state index contributed by atoms with van der Waals surface area (Å²) in [5.74, 6) is 0. The molecule has 0 aliphatic carbocycles. The summed E-state index contributed by atoms with van der Waals surface area (Å²) in [6, 6.07) is 0. The topological polar surface area (TPSA) is 0 Å². The van der Waals surface area contributed by atoms with Crippen molar-refractivity contribution in [3.63, 3.8) is 0 Å². The molecule has 0 radical (unpaired) electrons. The van der Waals surface area contributed by atoms with E-state index in [1.54, 1.807) is 0 Å². The van der Waals surface area contributed by atoms with Crippen LogP contribution in [-0.2, 0) is 0 Å². The Bertz CT molecular complexity index is 185. The van der Waals surface area contributed by atoms with Crippen LogP contribution in [-0.4, -0.2) is 13.6 Å². The maximum Gasteiger partial charge on any atom is 0.374 e. The fraction of sp³-hybridized carbons (Fsp3) is 0.800. The van der Waals surface area contributed by atoms with Crippen LogP contribution in [0.4, 0.5) is 0 Å². The Morgan fingerprint density at radius 1 is 1.21 bits per heavy atom. The lowest BCUT2D eigenvalue weighted by molar-refractivity contribution is 0.729. The molecular formula is C10H21BCl2Si. The van der Waals surface area contributed by atoms with Gasteiger partial charge < -0.3 is 0 Å². The first-order valence-corrected chi connectivity index (χ1v) is 9.75. The van der Waals surface area contributed by atoms with Crippen molar-refractivity contribution in [3.05, 3.63) is 11.2 Å². The first-order valence-electron chi connectivity index (χ1n) is 5.38. The Kier molecular flexibility index (Phi) is 7.27. The molecule has 0 aromatic rings. The van der Waals surface area contributed by atoms with Crippen molar-refractivity contribution >= 4 is 36.5 Å². The summed E-state index contributed by atoms with van der Waals surface area (Å²) in [7, 11) is -1.31. The van der Waals surface area contributed by atoms with Gasteiger partial charge in [0, 0.05) is 0 Å². The van der Waals surface area contributed by atoms with Crippen LogP contribution >= 0.6 is 22.9 Å². The lowest BCUT2D eigenvalue weighted by Gasteiger charge is -2.20. The summed E-state index contributed by atoms with van der Waals surface area (Å²) in [6.07, 6.45) is 7.22. The van der Waals surface area contributed by atoms with Crippen LogP contribution < -0.4 is 0 Å². The molecule has 0 unspecified atom stereocenters. The zero-order chi connectivity index (χ0) is 11.2. The molecule has 0 aromatic carbocycles. The summed E-state index contributed by atoms with van der Waals surface area (Å²) in [4.78, 5) is 0. The second kappa shape index (κ2) is 6.97. The number of rotatable bonds is 6. The number of unbranched alkanes of at least 4 members (excludes halogenated alkanes) is 3. The lowest BCUT2D eigenvalue weighted by Crippen LogP contribution is -2.29. The molecule has 0 fully saturated rings. The standard InChI is InChI=1S/C10H21BCl2Si/c1-5-6-7-8-9-10(11(12)13)14(2,3)4/h9H,5-8H2,1-4H3/b10-9-. The molecule has 0 atom stereocenters. The van der Waals surface area contributed by atoms with Crippen LogP contribution in [0.2, 0.25) is 19.6 Å². The van der Waals surface area contributed by atoms with Gasteiger partial charge in [0.2, 0.25) is 0 Å². The highest BCUT2D eigenvalue weighted by atomic mass is 35.5. The Morgan fingerprint density at radius 2 is 1.79 bits per heavy atom. The van der Waals surface area contributed by atoms with E-state index in [2.05, 4.69) is 32.6 Å². The van der Waals surface area contributed by atoms with Gasteiger partial charge in [-0.25, -0.2) is 0 Å². The van der Waals surface area contributed by atoms with E-state index in [0.717, 1.165) is 6.42 Å². The van der Waals surface area contributed by atoms with Gasteiger partial charge in [0.15, 0.2) is 0 Å². The number of hydrogen-bond donors (Lipinski definition) is 0. The fourth-order valence-electron chi connectivity index (χ4n) is 1.37. The van der Waals surface area contributed by atoms with Gasteiger partial charge in [0.05, 0.1) is 8.07 Å². The van der Waals surface area contributed by atoms with Gasteiger partial charge >= 0.3 is 5.54 Å². The third-order valence-corrected chi connectivity index (χ3v) is 5.33. The molecule has 0 aromatic heterocycles. The second-order valence-electron chi connectivity index (χ2n) is 4.71. The van der Waals surface area contributed by atoms with Gasteiger partial charge in [0.1, 0.15) is 0 Å². The number of hydrogen-bond acceptors (Lipinski definition) is 0. The summed E-state index contributed by atoms with van der Waals surface area (Å²) >= 11 is 11.9. The molecule has 0 aliphatic heterocycles. The molecule has 0 heterocycles. The molecule has 0 aliphatic rings. The molecule has 0 nitrogen and oxygen atoms in total. The van der Waals surface area contributed by atoms with E-state index in [1.165, 1.54) is 24.4 Å². The van der Waals surface area contributed by atoms with Crippen LogP contribution in [0.25, 0.3) is 0 Å². The van der Waals surface area contributed by atoms with Crippen molar-refractivity contribution in [2.75, 3.05) is 0 Å². The largest absolute Gasteiger partial charge is 0.374 e. The Morgan fingerprint density at radius 3 is 2.14 bits per heavy atom. The Hall–Kier alpha value is 0.602. The normalized spacial score (nSPS) is 13.1. The van der Waals surface area contributed by atoms with E-state index in [4.69, 9.17) is 22.9 Å². The average Bonchev–Trinajstić information content (AvgIpc) is 2.01. The maximum atomic E-state index is 5.97. The molecule has 82 valence electrons. The van der Waals surface area contributed by atoms with Crippen molar-refractivity contribution in [2.45, 2.75) is 52.2 Å². The van der Waals surface area contributed by atoms with Gasteiger partial charge in [-0.05, 0) is 12.8 Å².